The van der Waals surface area contributed by atoms with Crippen molar-refractivity contribution in [3.63, 3.8) is 0 Å². The number of rotatable bonds is 3. The van der Waals surface area contributed by atoms with Crippen LogP contribution in [-0.4, -0.2) is 29.6 Å². The number of aliphatic hydroxyl groups is 1. The summed E-state index contributed by atoms with van der Waals surface area (Å²) < 4.78 is 5.57. The Hall–Kier alpha value is -1.42. The molecule has 5 aliphatic rings. The van der Waals surface area contributed by atoms with Crippen molar-refractivity contribution in [2.75, 3.05) is 6.61 Å². The summed E-state index contributed by atoms with van der Waals surface area (Å²) in [5.41, 5.74) is 0.453. The van der Waals surface area contributed by atoms with Gasteiger partial charge in [-0.15, -0.1) is 0 Å². The van der Waals surface area contributed by atoms with Gasteiger partial charge in [-0.1, -0.05) is 59.8 Å². The third-order valence-corrected chi connectivity index (χ3v) is 13.4. The Bertz CT molecular complexity index is 1040. The van der Waals surface area contributed by atoms with Crippen molar-refractivity contribution in [3.8, 4) is 0 Å². The maximum absolute atomic E-state index is 14.4. The maximum Gasteiger partial charge on any atom is 0.312 e. The Morgan fingerprint density at radius 1 is 1.03 bits per heavy atom. The first-order valence-corrected chi connectivity index (χ1v) is 14.8. The van der Waals surface area contributed by atoms with Gasteiger partial charge in [0, 0.05) is 5.92 Å². The van der Waals surface area contributed by atoms with Gasteiger partial charge in [-0.05, 0) is 110 Å². The summed E-state index contributed by atoms with van der Waals surface area (Å²) in [4.78, 5) is 27.5. The van der Waals surface area contributed by atoms with Gasteiger partial charge in [-0.2, -0.15) is 0 Å². The fourth-order valence-corrected chi connectivity index (χ4v) is 10.7. The quantitative estimate of drug-likeness (QED) is 0.326. The summed E-state index contributed by atoms with van der Waals surface area (Å²) in [5, 5.41) is 10.9. The van der Waals surface area contributed by atoms with Crippen LogP contribution in [0.3, 0.4) is 0 Å². The highest BCUT2D eigenvalue weighted by atomic mass is 16.5. The summed E-state index contributed by atoms with van der Waals surface area (Å²) in [6.45, 7) is 20.1. The highest BCUT2D eigenvalue weighted by Crippen LogP contribution is 2.75. The molecule has 0 unspecified atom stereocenters. The Morgan fingerprint density at radius 2 is 1.70 bits per heavy atom. The van der Waals surface area contributed by atoms with Gasteiger partial charge in [0.25, 0.3) is 0 Å². The zero-order chi connectivity index (χ0) is 27.2. The predicted octanol–water partition coefficient (Wildman–Crippen LogP) is 7.06. The van der Waals surface area contributed by atoms with Crippen LogP contribution in [0.5, 0.6) is 0 Å². The van der Waals surface area contributed by atoms with E-state index in [4.69, 9.17) is 4.74 Å². The molecule has 4 saturated carbocycles. The topological polar surface area (TPSA) is 63.6 Å². The molecule has 0 aliphatic heterocycles. The molecule has 4 nitrogen and oxygen atoms in total. The molecule has 9 atom stereocenters. The monoisotopic (exact) mass is 510 g/mol. The van der Waals surface area contributed by atoms with Gasteiger partial charge in [0.15, 0.2) is 5.78 Å². The smallest absolute Gasteiger partial charge is 0.312 e. The van der Waals surface area contributed by atoms with Crippen LogP contribution in [0.4, 0.5) is 0 Å². The molecule has 4 fully saturated rings. The van der Waals surface area contributed by atoms with E-state index in [1.54, 1.807) is 6.08 Å². The Balaban J connectivity index is 1.57. The van der Waals surface area contributed by atoms with Crippen molar-refractivity contribution in [1.29, 1.82) is 0 Å². The van der Waals surface area contributed by atoms with E-state index in [2.05, 4.69) is 61.1 Å². The molecule has 0 amide bonds. The second kappa shape index (κ2) is 8.29. The number of hydrogen-bond donors (Lipinski definition) is 1. The fraction of sp³-hybridized carbons (Fsp3) is 0.818. The number of ketones is 1. The first-order chi connectivity index (χ1) is 17.1. The molecule has 4 heteroatoms. The number of fused-ring (bicyclic) bond motifs is 7. The Kier molecular flexibility index (Phi) is 6.09. The third kappa shape index (κ3) is 3.49. The highest BCUT2D eigenvalue weighted by Gasteiger charge is 2.70. The number of allylic oxidation sites excluding steroid dienone is 2. The van der Waals surface area contributed by atoms with Crippen molar-refractivity contribution < 1.29 is 19.4 Å². The zero-order valence-electron chi connectivity index (χ0n) is 24.4. The first-order valence-electron chi connectivity index (χ1n) is 14.8. The lowest BCUT2D eigenvalue weighted by atomic mass is 9.33. The van der Waals surface area contributed by atoms with Crippen molar-refractivity contribution in [2.45, 2.75) is 112 Å². The minimum atomic E-state index is -0.528. The second-order valence-corrected chi connectivity index (χ2v) is 15.5. The van der Waals surface area contributed by atoms with Crippen LogP contribution in [0.1, 0.15) is 106 Å². The van der Waals surface area contributed by atoms with Crippen LogP contribution in [0.25, 0.3) is 0 Å². The van der Waals surface area contributed by atoms with Crippen LogP contribution < -0.4 is 0 Å². The summed E-state index contributed by atoms with van der Waals surface area (Å²) >= 11 is 0. The van der Waals surface area contributed by atoms with Gasteiger partial charge in [0.05, 0.1) is 11.5 Å². The largest absolute Gasteiger partial charge is 0.461 e. The van der Waals surface area contributed by atoms with Gasteiger partial charge in [-0.25, -0.2) is 0 Å². The summed E-state index contributed by atoms with van der Waals surface area (Å²) in [7, 11) is 0. The number of carbonyl (C=O) groups is 2. The lowest BCUT2D eigenvalue weighted by Crippen LogP contribution is -2.66. The highest BCUT2D eigenvalue weighted by molar-refractivity contribution is 5.95. The van der Waals surface area contributed by atoms with E-state index in [-0.39, 0.29) is 57.6 Å². The maximum atomic E-state index is 14.4. The van der Waals surface area contributed by atoms with Gasteiger partial charge in [-0.3, -0.25) is 9.59 Å². The molecule has 5 aliphatic carbocycles. The molecule has 1 N–H and O–H groups in total. The van der Waals surface area contributed by atoms with E-state index in [0.717, 1.165) is 57.8 Å². The van der Waals surface area contributed by atoms with Crippen molar-refractivity contribution in [1.82, 2.24) is 0 Å². The molecular weight excluding hydrogens is 460 g/mol. The Labute approximate surface area is 224 Å². The van der Waals surface area contributed by atoms with Crippen LogP contribution in [0.15, 0.2) is 24.3 Å². The number of esters is 1. The van der Waals surface area contributed by atoms with Crippen molar-refractivity contribution >= 4 is 11.8 Å². The summed E-state index contributed by atoms with van der Waals surface area (Å²) in [6, 6.07) is 0. The van der Waals surface area contributed by atoms with E-state index in [1.165, 1.54) is 5.57 Å². The summed E-state index contributed by atoms with van der Waals surface area (Å²) in [6.07, 6.45) is 12.0. The van der Waals surface area contributed by atoms with Crippen molar-refractivity contribution in [2.24, 2.45) is 50.2 Å². The molecular formula is C33H50O4. The molecule has 0 spiro atoms. The third-order valence-electron chi connectivity index (χ3n) is 13.4. The number of hydrogen-bond acceptors (Lipinski definition) is 4. The molecule has 0 heterocycles. The average Bonchev–Trinajstić information content (AvgIpc) is 2.82. The molecule has 0 bridgehead atoms. The zero-order valence-corrected chi connectivity index (χ0v) is 24.4. The Morgan fingerprint density at radius 3 is 2.38 bits per heavy atom. The molecule has 0 aromatic rings. The van der Waals surface area contributed by atoms with E-state index >= 15 is 0 Å². The molecule has 5 rings (SSSR count). The van der Waals surface area contributed by atoms with Crippen LogP contribution >= 0.6 is 0 Å². The number of aliphatic hydroxyl groups excluding tert-OH is 1. The molecule has 0 saturated heterocycles. The van der Waals surface area contributed by atoms with E-state index < -0.39 is 5.41 Å². The minimum Gasteiger partial charge on any atom is -0.461 e. The number of carbonyl (C=O) groups excluding carboxylic acids is 2. The van der Waals surface area contributed by atoms with E-state index in [0.29, 0.717) is 11.7 Å². The molecule has 0 radical (unpaired) electrons. The number of ether oxygens (including phenoxy) is 1. The normalized spacial score (nSPS) is 50.5. The lowest BCUT2D eigenvalue weighted by Gasteiger charge is -2.70. The standard InChI is InChI=1S/C33H50O4/c1-9-18-37-27(36)30(5)15-14-29(4)16-17-32(7)21(22(29)20-30)19-23(34)26-31(6)12-11-25(35)28(2,3)24(31)10-13-33(26,32)8/h9,19,22,24-26,35H,1,10-18,20H2,2-8H3/t22-,24-,25-,26+,29+,30-,31-,32+,33+/m0/s1. The molecule has 0 aromatic heterocycles. The fourth-order valence-electron chi connectivity index (χ4n) is 10.7. The van der Waals surface area contributed by atoms with Crippen LogP contribution in [0, 0.1) is 50.2 Å². The van der Waals surface area contributed by atoms with Crippen molar-refractivity contribution in [3.05, 3.63) is 24.3 Å². The first kappa shape index (κ1) is 27.2. The van der Waals surface area contributed by atoms with Gasteiger partial charge in [0.2, 0.25) is 0 Å². The van der Waals surface area contributed by atoms with E-state index in [1.807, 2.05) is 0 Å². The molecule has 206 valence electrons. The predicted molar refractivity (Wildman–Crippen MR) is 147 cm³/mol. The minimum absolute atomic E-state index is 0.0174. The van der Waals surface area contributed by atoms with E-state index in [9.17, 15) is 14.7 Å². The lowest BCUT2D eigenvalue weighted by molar-refractivity contribution is -0.202. The SMILES string of the molecule is C=CCOC(=O)[C@@]1(C)CC[C@]2(C)CC[C@]3(C)C(=CC(=O)[C@@H]4[C@@]5(C)CC[C@H](O)C(C)(C)[C@@H]5CC[C@]43C)[C@@H]2C1. The molecule has 37 heavy (non-hydrogen) atoms. The van der Waals surface area contributed by atoms with Crippen LogP contribution in [0.2, 0.25) is 0 Å². The van der Waals surface area contributed by atoms with Gasteiger partial charge < -0.3 is 9.84 Å². The average molecular weight is 511 g/mol. The molecule has 0 aromatic carbocycles. The van der Waals surface area contributed by atoms with Gasteiger partial charge in [0.1, 0.15) is 6.61 Å². The second-order valence-electron chi connectivity index (χ2n) is 15.5. The van der Waals surface area contributed by atoms with Crippen LogP contribution in [-0.2, 0) is 14.3 Å². The summed E-state index contributed by atoms with van der Waals surface area (Å²) in [5.74, 6) is 0.731. The van der Waals surface area contributed by atoms with Gasteiger partial charge >= 0.3 is 5.97 Å².